The molecule has 21 heavy (non-hydrogen) atoms. The van der Waals surface area contributed by atoms with E-state index in [0.29, 0.717) is 5.75 Å². The molecule has 112 valence electrons. The number of hydrogen-bond donors (Lipinski definition) is 1. The van der Waals surface area contributed by atoms with Gasteiger partial charge in [-0.3, -0.25) is 0 Å². The molecular formula is C15H14BrF2NO2. The van der Waals surface area contributed by atoms with Crippen LogP contribution in [0.25, 0.3) is 0 Å². The average molecular weight is 358 g/mol. The van der Waals surface area contributed by atoms with Crippen LogP contribution in [0.5, 0.6) is 11.5 Å². The molecule has 0 saturated heterocycles. The Labute approximate surface area is 129 Å². The number of alkyl halides is 2. The van der Waals surface area contributed by atoms with Gasteiger partial charge in [0.2, 0.25) is 0 Å². The van der Waals surface area contributed by atoms with Gasteiger partial charge in [-0.2, -0.15) is 8.78 Å². The third-order valence-corrected chi connectivity index (χ3v) is 3.48. The Morgan fingerprint density at radius 2 is 1.76 bits per heavy atom. The zero-order valence-corrected chi connectivity index (χ0v) is 12.8. The minimum absolute atomic E-state index is 0.0992. The van der Waals surface area contributed by atoms with Gasteiger partial charge in [0.05, 0.1) is 13.2 Å². The highest BCUT2D eigenvalue weighted by atomic mass is 79.9. The molecular weight excluding hydrogens is 344 g/mol. The third kappa shape index (κ3) is 3.92. The van der Waals surface area contributed by atoms with Gasteiger partial charge in [-0.05, 0) is 35.9 Å². The normalized spacial score (nSPS) is 12.3. The summed E-state index contributed by atoms with van der Waals surface area (Å²) in [6, 6.07) is 11.3. The van der Waals surface area contributed by atoms with Crippen molar-refractivity contribution in [2.24, 2.45) is 5.73 Å². The molecule has 2 rings (SSSR count). The molecule has 1 unspecified atom stereocenters. The Morgan fingerprint density at radius 3 is 2.33 bits per heavy atom. The molecule has 0 aliphatic rings. The predicted molar refractivity (Wildman–Crippen MR) is 79.8 cm³/mol. The van der Waals surface area contributed by atoms with Crippen molar-refractivity contribution in [3.63, 3.8) is 0 Å². The maximum atomic E-state index is 12.1. The summed E-state index contributed by atoms with van der Waals surface area (Å²) >= 11 is 3.39. The van der Waals surface area contributed by atoms with Crippen LogP contribution < -0.4 is 15.2 Å². The lowest BCUT2D eigenvalue weighted by Gasteiger charge is -2.17. The van der Waals surface area contributed by atoms with Gasteiger partial charge >= 0.3 is 6.61 Å². The molecule has 3 nitrogen and oxygen atoms in total. The Balaban J connectivity index is 2.27. The molecule has 2 aromatic rings. The van der Waals surface area contributed by atoms with Gasteiger partial charge in [-0.1, -0.05) is 28.1 Å². The van der Waals surface area contributed by atoms with E-state index in [1.54, 1.807) is 19.2 Å². The van der Waals surface area contributed by atoms with Crippen molar-refractivity contribution in [3.05, 3.63) is 58.1 Å². The lowest BCUT2D eigenvalue weighted by Crippen LogP contribution is -2.13. The van der Waals surface area contributed by atoms with E-state index >= 15 is 0 Å². The first-order valence-corrected chi connectivity index (χ1v) is 6.94. The number of hydrogen-bond acceptors (Lipinski definition) is 3. The van der Waals surface area contributed by atoms with Gasteiger partial charge in [0.25, 0.3) is 0 Å². The fraction of sp³-hybridized carbons (Fsp3) is 0.200. The fourth-order valence-corrected chi connectivity index (χ4v) is 2.36. The summed E-state index contributed by atoms with van der Waals surface area (Å²) in [5.74, 6) is 0.765. The number of halogens is 3. The van der Waals surface area contributed by atoms with E-state index in [1.807, 2.05) is 18.2 Å². The van der Waals surface area contributed by atoms with E-state index < -0.39 is 12.7 Å². The maximum absolute atomic E-state index is 12.1. The molecule has 1 atom stereocenters. The summed E-state index contributed by atoms with van der Waals surface area (Å²) < 4.78 is 34.7. The lowest BCUT2D eigenvalue weighted by atomic mass is 9.99. The van der Waals surface area contributed by atoms with Crippen molar-refractivity contribution in [3.8, 4) is 11.5 Å². The zero-order valence-electron chi connectivity index (χ0n) is 11.2. The second-order valence-corrected chi connectivity index (χ2v) is 5.23. The highest BCUT2D eigenvalue weighted by Gasteiger charge is 2.15. The van der Waals surface area contributed by atoms with E-state index in [9.17, 15) is 8.78 Å². The quantitative estimate of drug-likeness (QED) is 0.875. The molecule has 0 radical (unpaired) electrons. The second-order valence-electron chi connectivity index (χ2n) is 4.31. The van der Waals surface area contributed by atoms with Crippen LogP contribution in [0.2, 0.25) is 0 Å². The highest BCUT2D eigenvalue weighted by Crippen LogP contribution is 2.31. The largest absolute Gasteiger partial charge is 0.496 e. The SMILES string of the molecule is COc1ccc(Br)cc1C(N)c1ccc(OC(F)F)cc1. The van der Waals surface area contributed by atoms with Crippen LogP contribution in [0, 0.1) is 0 Å². The van der Waals surface area contributed by atoms with Crippen molar-refractivity contribution < 1.29 is 18.3 Å². The first-order valence-electron chi connectivity index (χ1n) is 6.15. The molecule has 0 fully saturated rings. The van der Waals surface area contributed by atoms with Crippen molar-refractivity contribution in [1.29, 1.82) is 0 Å². The molecule has 0 aromatic heterocycles. The van der Waals surface area contributed by atoms with Crippen molar-refractivity contribution in [2.75, 3.05) is 7.11 Å². The molecule has 0 spiro atoms. The number of methoxy groups -OCH3 is 1. The van der Waals surface area contributed by atoms with E-state index in [2.05, 4.69) is 20.7 Å². The fourth-order valence-electron chi connectivity index (χ4n) is 1.98. The highest BCUT2D eigenvalue weighted by molar-refractivity contribution is 9.10. The summed E-state index contributed by atoms with van der Waals surface area (Å²) in [5.41, 5.74) is 7.79. The second kappa shape index (κ2) is 6.87. The van der Waals surface area contributed by atoms with Gasteiger partial charge < -0.3 is 15.2 Å². The third-order valence-electron chi connectivity index (χ3n) is 2.99. The predicted octanol–water partition coefficient (Wildman–Crippen LogP) is 4.11. The summed E-state index contributed by atoms with van der Waals surface area (Å²) in [5, 5.41) is 0. The van der Waals surface area contributed by atoms with Crippen LogP contribution in [0.3, 0.4) is 0 Å². The molecule has 0 saturated carbocycles. The standard InChI is InChI=1S/C15H14BrF2NO2/c1-20-13-7-4-10(16)8-12(13)14(19)9-2-5-11(6-3-9)21-15(17)18/h2-8,14-15H,19H2,1H3. The molecule has 0 aliphatic carbocycles. The summed E-state index contributed by atoms with van der Waals surface area (Å²) in [4.78, 5) is 0. The first kappa shape index (κ1) is 15.7. The van der Waals surface area contributed by atoms with E-state index in [1.165, 1.54) is 12.1 Å². The summed E-state index contributed by atoms with van der Waals surface area (Å²) in [7, 11) is 1.57. The molecule has 0 heterocycles. The van der Waals surface area contributed by atoms with Crippen LogP contribution in [-0.4, -0.2) is 13.7 Å². The van der Waals surface area contributed by atoms with Crippen LogP contribution in [0.15, 0.2) is 46.9 Å². The Hall–Kier alpha value is -1.66. The molecule has 6 heteroatoms. The van der Waals surface area contributed by atoms with Crippen LogP contribution in [0.4, 0.5) is 8.78 Å². The van der Waals surface area contributed by atoms with E-state index in [-0.39, 0.29) is 5.75 Å². The minimum atomic E-state index is -2.84. The zero-order chi connectivity index (χ0) is 15.4. The van der Waals surface area contributed by atoms with Gasteiger partial charge in [0.1, 0.15) is 11.5 Å². The molecule has 0 aliphatic heterocycles. The number of ether oxygens (including phenoxy) is 2. The summed E-state index contributed by atoms with van der Waals surface area (Å²) in [6.45, 7) is -2.84. The number of rotatable bonds is 5. The van der Waals surface area contributed by atoms with Crippen LogP contribution in [-0.2, 0) is 0 Å². The minimum Gasteiger partial charge on any atom is -0.496 e. The topological polar surface area (TPSA) is 44.5 Å². The van der Waals surface area contributed by atoms with Gasteiger partial charge in [-0.25, -0.2) is 0 Å². The van der Waals surface area contributed by atoms with Crippen LogP contribution >= 0.6 is 15.9 Å². The lowest BCUT2D eigenvalue weighted by molar-refractivity contribution is -0.0498. The Bertz CT molecular complexity index is 605. The number of nitrogens with two attached hydrogens (primary N) is 1. The van der Waals surface area contributed by atoms with Gasteiger partial charge in [-0.15, -0.1) is 0 Å². The van der Waals surface area contributed by atoms with Gasteiger partial charge in [0.15, 0.2) is 0 Å². The number of benzene rings is 2. The molecule has 0 amide bonds. The van der Waals surface area contributed by atoms with Crippen molar-refractivity contribution >= 4 is 15.9 Å². The first-order chi connectivity index (χ1) is 10.0. The van der Waals surface area contributed by atoms with Gasteiger partial charge in [0, 0.05) is 10.0 Å². The van der Waals surface area contributed by atoms with Crippen molar-refractivity contribution in [1.82, 2.24) is 0 Å². The molecule has 0 bridgehead atoms. The Kier molecular flexibility index (Phi) is 5.14. The monoisotopic (exact) mass is 357 g/mol. The average Bonchev–Trinajstić information content (AvgIpc) is 2.46. The Morgan fingerprint density at radius 1 is 1.10 bits per heavy atom. The summed E-state index contributed by atoms with van der Waals surface area (Å²) in [6.07, 6.45) is 0. The van der Waals surface area contributed by atoms with Crippen LogP contribution in [0.1, 0.15) is 17.2 Å². The van der Waals surface area contributed by atoms with Crippen molar-refractivity contribution in [2.45, 2.75) is 12.7 Å². The van der Waals surface area contributed by atoms with E-state index in [0.717, 1.165) is 15.6 Å². The van der Waals surface area contributed by atoms with E-state index in [4.69, 9.17) is 10.5 Å². The smallest absolute Gasteiger partial charge is 0.387 e. The maximum Gasteiger partial charge on any atom is 0.387 e. The molecule has 2 N–H and O–H groups in total. The molecule has 2 aromatic carbocycles.